The van der Waals surface area contributed by atoms with E-state index in [1.165, 1.54) is 29.3 Å². The number of hydrogen-bond donors (Lipinski definition) is 1. The van der Waals surface area contributed by atoms with Crippen LogP contribution in [-0.4, -0.2) is 29.9 Å². The molecule has 2 amide bonds. The summed E-state index contributed by atoms with van der Waals surface area (Å²) < 4.78 is 12.5. The van der Waals surface area contributed by atoms with Gasteiger partial charge in [-0.2, -0.15) is 0 Å². The number of thiocarbonyl (C=S) groups is 1. The first kappa shape index (κ1) is 25.9. The average Bonchev–Trinajstić information content (AvgIpc) is 3.16. The van der Waals surface area contributed by atoms with Crippen LogP contribution < -0.4 is 19.7 Å². The molecule has 3 aromatic carbocycles. The van der Waals surface area contributed by atoms with E-state index in [1.54, 1.807) is 24.3 Å². The SMILES string of the molecule is CCc1ccc(NC(=O)COc2ccc(/C=C3\SC(=S)N(c4ccc(Br)cc4)C3=O)cc2OC)cc1. The van der Waals surface area contributed by atoms with Gasteiger partial charge in [-0.25, -0.2) is 0 Å². The van der Waals surface area contributed by atoms with Gasteiger partial charge in [0, 0.05) is 10.2 Å². The molecule has 0 atom stereocenters. The maximum absolute atomic E-state index is 13.0. The Morgan fingerprint density at radius 3 is 2.47 bits per heavy atom. The zero-order valence-corrected chi connectivity index (χ0v) is 22.8. The van der Waals surface area contributed by atoms with Gasteiger partial charge in [-0.05, 0) is 72.2 Å². The first-order valence-corrected chi connectivity index (χ1v) is 13.1. The maximum atomic E-state index is 13.0. The third kappa shape index (κ3) is 6.16. The highest BCUT2D eigenvalue weighted by atomic mass is 79.9. The fourth-order valence-corrected chi connectivity index (χ4v) is 5.05. The maximum Gasteiger partial charge on any atom is 0.270 e. The fourth-order valence-electron chi connectivity index (χ4n) is 3.49. The van der Waals surface area contributed by atoms with Gasteiger partial charge in [-0.1, -0.05) is 65.0 Å². The van der Waals surface area contributed by atoms with Crippen LogP contribution in [0.2, 0.25) is 0 Å². The molecule has 0 unspecified atom stereocenters. The van der Waals surface area contributed by atoms with Crippen LogP contribution in [0.4, 0.5) is 11.4 Å². The first-order valence-electron chi connectivity index (χ1n) is 11.1. The van der Waals surface area contributed by atoms with Crippen molar-refractivity contribution in [2.24, 2.45) is 0 Å². The van der Waals surface area contributed by atoms with Crippen molar-refractivity contribution in [3.05, 3.63) is 87.2 Å². The van der Waals surface area contributed by atoms with Gasteiger partial charge in [-0.3, -0.25) is 14.5 Å². The summed E-state index contributed by atoms with van der Waals surface area (Å²) in [6, 6.07) is 20.4. The highest BCUT2D eigenvalue weighted by Gasteiger charge is 2.33. The molecule has 0 radical (unpaired) electrons. The van der Waals surface area contributed by atoms with Gasteiger partial charge in [0.1, 0.15) is 0 Å². The number of methoxy groups -OCH3 is 1. The number of anilines is 2. The Balaban J connectivity index is 1.43. The molecule has 6 nitrogen and oxygen atoms in total. The van der Waals surface area contributed by atoms with Crippen LogP contribution in [0.1, 0.15) is 18.1 Å². The van der Waals surface area contributed by atoms with Crippen molar-refractivity contribution in [1.29, 1.82) is 0 Å². The number of nitrogens with one attached hydrogen (secondary N) is 1. The second-order valence-corrected chi connectivity index (χ2v) is 10.4. The lowest BCUT2D eigenvalue weighted by atomic mass is 10.1. The van der Waals surface area contributed by atoms with Crippen molar-refractivity contribution in [3.8, 4) is 11.5 Å². The number of carbonyl (C=O) groups is 2. The van der Waals surface area contributed by atoms with Gasteiger partial charge >= 0.3 is 0 Å². The molecule has 1 fully saturated rings. The van der Waals surface area contributed by atoms with Crippen molar-refractivity contribution in [3.63, 3.8) is 0 Å². The number of hydrogen-bond acceptors (Lipinski definition) is 6. The van der Waals surface area contributed by atoms with E-state index >= 15 is 0 Å². The van der Waals surface area contributed by atoms with E-state index in [0.717, 1.165) is 16.5 Å². The van der Waals surface area contributed by atoms with Gasteiger partial charge < -0.3 is 14.8 Å². The summed E-state index contributed by atoms with van der Waals surface area (Å²) in [5.41, 5.74) is 3.37. The van der Waals surface area contributed by atoms with E-state index in [9.17, 15) is 9.59 Å². The Kier molecular flexibility index (Phi) is 8.45. The Morgan fingerprint density at radius 1 is 1.08 bits per heavy atom. The lowest BCUT2D eigenvalue weighted by molar-refractivity contribution is -0.118. The molecule has 184 valence electrons. The molecule has 3 aromatic rings. The van der Waals surface area contributed by atoms with Crippen LogP contribution in [0.25, 0.3) is 6.08 Å². The molecular formula is C27H23BrN2O4S2. The second-order valence-electron chi connectivity index (χ2n) is 7.79. The van der Waals surface area contributed by atoms with Crippen LogP contribution in [0.3, 0.4) is 0 Å². The molecule has 1 saturated heterocycles. The molecule has 0 bridgehead atoms. The van der Waals surface area contributed by atoms with E-state index in [-0.39, 0.29) is 18.4 Å². The van der Waals surface area contributed by atoms with Crippen molar-refractivity contribution >= 4 is 73.5 Å². The predicted molar refractivity (Wildman–Crippen MR) is 153 cm³/mol. The first-order chi connectivity index (χ1) is 17.4. The molecule has 4 rings (SSSR count). The van der Waals surface area contributed by atoms with Crippen molar-refractivity contribution in [2.75, 3.05) is 23.9 Å². The molecule has 1 N–H and O–H groups in total. The monoisotopic (exact) mass is 582 g/mol. The van der Waals surface area contributed by atoms with Gasteiger partial charge in [-0.15, -0.1) is 0 Å². The van der Waals surface area contributed by atoms with E-state index in [1.807, 2.05) is 48.5 Å². The number of halogens is 1. The quantitative estimate of drug-likeness (QED) is 0.243. The zero-order valence-electron chi connectivity index (χ0n) is 19.6. The Labute approximate surface area is 227 Å². The lowest BCUT2D eigenvalue weighted by Gasteiger charge is -2.14. The number of rotatable bonds is 8. The van der Waals surface area contributed by atoms with E-state index in [2.05, 4.69) is 28.2 Å². The highest BCUT2D eigenvalue weighted by molar-refractivity contribution is 9.10. The van der Waals surface area contributed by atoms with Crippen molar-refractivity contribution < 1.29 is 19.1 Å². The fraction of sp³-hybridized carbons (Fsp3) is 0.148. The molecule has 0 saturated carbocycles. The van der Waals surface area contributed by atoms with Gasteiger partial charge in [0.2, 0.25) is 0 Å². The number of ether oxygens (including phenoxy) is 2. The Morgan fingerprint density at radius 2 is 1.81 bits per heavy atom. The van der Waals surface area contributed by atoms with Crippen LogP contribution in [0.15, 0.2) is 76.1 Å². The minimum absolute atomic E-state index is 0.170. The molecule has 9 heteroatoms. The summed E-state index contributed by atoms with van der Waals surface area (Å²) >= 11 is 10.1. The number of thioether (sulfide) groups is 1. The van der Waals surface area contributed by atoms with Crippen molar-refractivity contribution in [1.82, 2.24) is 0 Å². The minimum Gasteiger partial charge on any atom is -0.493 e. The van der Waals surface area contributed by atoms with E-state index < -0.39 is 0 Å². The summed E-state index contributed by atoms with van der Waals surface area (Å²) in [5, 5.41) is 2.82. The highest BCUT2D eigenvalue weighted by Crippen LogP contribution is 2.37. The number of benzene rings is 3. The third-order valence-corrected chi connectivity index (χ3v) is 7.20. The summed E-state index contributed by atoms with van der Waals surface area (Å²) in [4.78, 5) is 27.4. The lowest BCUT2D eigenvalue weighted by Crippen LogP contribution is -2.27. The van der Waals surface area contributed by atoms with Crippen LogP contribution in [0.5, 0.6) is 11.5 Å². The van der Waals surface area contributed by atoms with Gasteiger partial charge in [0.05, 0.1) is 17.7 Å². The predicted octanol–water partition coefficient (Wildman–Crippen LogP) is 6.44. The summed E-state index contributed by atoms with van der Waals surface area (Å²) in [5.74, 6) is 0.415. The molecule has 0 aliphatic carbocycles. The van der Waals surface area contributed by atoms with Gasteiger partial charge in [0.15, 0.2) is 22.4 Å². The van der Waals surface area contributed by atoms with Crippen molar-refractivity contribution in [2.45, 2.75) is 13.3 Å². The van der Waals surface area contributed by atoms with E-state index in [0.29, 0.717) is 32.1 Å². The molecule has 0 aromatic heterocycles. The van der Waals surface area contributed by atoms with Crippen LogP contribution >= 0.6 is 39.9 Å². The van der Waals surface area contributed by atoms with Crippen LogP contribution in [-0.2, 0) is 16.0 Å². The number of nitrogens with zero attached hydrogens (tertiary/aromatic N) is 1. The molecule has 1 heterocycles. The topological polar surface area (TPSA) is 67.9 Å². The Hall–Kier alpha value is -3.14. The second kappa shape index (κ2) is 11.7. The minimum atomic E-state index is -0.276. The molecule has 1 aliphatic rings. The third-order valence-electron chi connectivity index (χ3n) is 5.37. The summed E-state index contributed by atoms with van der Waals surface area (Å²) in [7, 11) is 1.52. The largest absolute Gasteiger partial charge is 0.493 e. The number of aryl methyl sites for hydroxylation is 1. The standard InChI is InChI=1S/C27H23BrN2O4S2/c1-3-17-4-9-20(10-5-17)29-25(31)16-34-22-13-6-18(14-23(22)33-2)15-24-26(32)30(27(35)36-24)21-11-7-19(28)8-12-21/h4-15H,3,16H2,1-2H3,(H,29,31)/b24-15-. The molecular weight excluding hydrogens is 560 g/mol. The van der Waals surface area contributed by atoms with E-state index in [4.69, 9.17) is 21.7 Å². The van der Waals surface area contributed by atoms with Gasteiger partial charge in [0.25, 0.3) is 11.8 Å². The molecule has 1 aliphatic heterocycles. The normalized spacial score (nSPS) is 14.3. The number of carbonyl (C=O) groups excluding carboxylic acids is 2. The average molecular weight is 584 g/mol. The molecule has 0 spiro atoms. The summed E-state index contributed by atoms with van der Waals surface area (Å²) in [6.45, 7) is 1.91. The summed E-state index contributed by atoms with van der Waals surface area (Å²) in [6.07, 6.45) is 2.70. The molecule has 36 heavy (non-hydrogen) atoms. The number of amides is 2. The smallest absolute Gasteiger partial charge is 0.270 e. The zero-order chi connectivity index (χ0) is 25.7. The Bertz CT molecular complexity index is 1320. The van der Waals surface area contributed by atoms with Crippen LogP contribution in [0, 0.1) is 0 Å².